The molecule has 0 unspecified atom stereocenters. The van der Waals surface area contributed by atoms with Crippen molar-refractivity contribution in [3.63, 3.8) is 0 Å². The van der Waals surface area contributed by atoms with Crippen molar-refractivity contribution in [3.8, 4) is 11.5 Å². The summed E-state index contributed by atoms with van der Waals surface area (Å²) in [6.45, 7) is -0.250. The summed E-state index contributed by atoms with van der Waals surface area (Å²) in [6, 6.07) is 7.40. The van der Waals surface area contributed by atoms with Crippen LogP contribution < -0.4 is 9.47 Å². The third kappa shape index (κ3) is 3.97. The van der Waals surface area contributed by atoms with Gasteiger partial charge in [0, 0.05) is 10.6 Å². The van der Waals surface area contributed by atoms with E-state index in [2.05, 4.69) is 0 Å². The van der Waals surface area contributed by atoms with E-state index in [9.17, 15) is 14.0 Å². The van der Waals surface area contributed by atoms with E-state index in [1.54, 1.807) is 12.1 Å². The highest BCUT2D eigenvalue weighted by Crippen LogP contribution is 2.39. The standard InChI is InChI=1S/C19H14Cl2FNO4S/c1-26-15-7-10(6-13(21)17(15)27-2)8-16-18(24)23(19(25)28-16)9-11-12(20)4-3-5-14(11)22/h3-8H,9H2,1-2H3/b16-8-. The number of hydrogen-bond donors (Lipinski definition) is 0. The number of carbonyl (C=O) groups is 2. The van der Waals surface area contributed by atoms with Crippen LogP contribution in [0.4, 0.5) is 9.18 Å². The second-order valence-corrected chi connectivity index (χ2v) is 7.51. The SMILES string of the molecule is COc1cc(/C=C2\SC(=O)N(Cc3c(F)cccc3Cl)C2=O)cc(Cl)c1OC. The lowest BCUT2D eigenvalue weighted by molar-refractivity contribution is -0.123. The van der Waals surface area contributed by atoms with Crippen LogP contribution in [0.25, 0.3) is 6.08 Å². The Kier molecular flexibility index (Phi) is 6.17. The first-order chi connectivity index (χ1) is 13.3. The Bertz CT molecular complexity index is 976. The highest BCUT2D eigenvalue weighted by Gasteiger charge is 2.36. The Morgan fingerprint density at radius 3 is 2.54 bits per heavy atom. The topological polar surface area (TPSA) is 55.8 Å². The number of carbonyl (C=O) groups excluding carboxylic acids is 2. The van der Waals surface area contributed by atoms with Gasteiger partial charge < -0.3 is 9.47 Å². The van der Waals surface area contributed by atoms with Crippen molar-refractivity contribution in [3.05, 3.63) is 62.2 Å². The zero-order valence-electron chi connectivity index (χ0n) is 14.8. The fourth-order valence-electron chi connectivity index (χ4n) is 2.65. The Morgan fingerprint density at radius 1 is 1.14 bits per heavy atom. The summed E-state index contributed by atoms with van der Waals surface area (Å²) in [4.78, 5) is 26.1. The molecule has 0 atom stereocenters. The van der Waals surface area contributed by atoms with E-state index >= 15 is 0 Å². The Labute approximate surface area is 175 Å². The van der Waals surface area contributed by atoms with Crippen LogP contribution in [0.1, 0.15) is 11.1 Å². The van der Waals surface area contributed by atoms with Crippen LogP contribution in [0.5, 0.6) is 11.5 Å². The van der Waals surface area contributed by atoms with E-state index in [1.165, 1.54) is 38.5 Å². The number of amides is 2. The average Bonchev–Trinajstić information content (AvgIpc) is 2.91. The molecule has 1 aliphatic rings. The van der Waals surface area contributed by atoms with Gasteiger partial charge in [0.25, 0.3) is 11.1 Å². The maximum Gasteiger partial charge on any atom is 0.293 e. The predicted molar refractivity (Wildman–Crippen MR) is 107 cm³/mol. The van der Waals surface area contributed by atoms with Crippen LogP contribution in [0, 0.1) is 5.82 Å². The first-order valence-electron chi connectivity index (χ1n) is 7.95. The second-order valence-electron chi connectivity index (χ2n) is 5.71. The zero-order valence-corrected chi connectivity index (χ0v) is 17.1. The summed E-state index contributed by atoms with van der Waals surface area (Å²) in [5.41, 5.74) is 0.638. The van der Waals surface area contributed by atoms with Gasteiger partial charge in [0.2, 0.25) is 0 Å². The molecule has 2 aromatic carbocycles. The predicted octanol–water partition coefficient (Wildman–Crippen LogP) is 5.39. The molecule has 0 radical (unpaired) electrons. The lowest BCUT2D eigenvalue weighted by Crippen LogP contribution is -2.28. The van der Waals surface area contributed by atoms with Gasteiger partial charge in [-0.15, -0.1) is 0 Å². The van der Waals surface area contributed by atoms with Crippen LogP contribution in [0.3, 0.4) is 0 Å². The molecule has 0 aliphatic carbocycles. The van der Waals surface area contributed by atoms with E-state index in [4.69, 9.17) is 32.7 Å². The lowest BCUT2D eigenvalue weighted by Gasteiger charge is -2.14. The molecule has 2 aromatic rings. The molecule has 0 spiro atoms. The zero-order chi connectivity index (χ0) is 20.4. The second kappa shape index (κ2) is 8.43. The minimum atomic E-state index is -0.581. The van der Waals surface area contributed by atoms with Gasteiger partial charge in [-0.3, -0.25) is 14.5 Å². The molecule has 9 heteroatoms. The number of ether oxygens (including phenoxy) is 2. The summed E-state index contributed by atoms with van der Waals surface area (Å²) >= 11 is 12.9. The molecule has 5 nitrogen and oxygen atoms in total. The number of hydrogen-bond acceptors (Lipinski definition) is 5. The van der Waals surface area contributed by atoms with Crippen molar-refractivity contribution < 1.29 is 23.5 Å². The largest absolute Gasteiger partial charge is 0.493 e. The molecular formula is C19H14Cl2FNO4S. The molecule has 0 saturated carbocycles. The quantitative estimate of drug-likeness (QED) is 0.582. The number of benzene rings is 2. The third-order valence-electron chi connectivity index (χ3n) is 4.01. The molecule has 146 valence electrons. The highest BCUT2D eigenvalue weighted by atomic mass is 35.5. The van der Waals surface area contributed by atoms with Gasteiger partial charge in [-0.2, -0.15) is 0 Å². The maximum absolute atomic E-state index is 14.0. The molecule has 1 heterocycles. The van der Waals surface area contributed by atoms with Crippen LogP contribution in [-0.2, 0) is 11.3 Å². The number of imide groups is 1. The fourth-order valence-corrected chi connectivity index (χ4v) is 4.01. The van der Waals surface area contributed by atoms with Crippen molar-refractivity contribution >= 4 is 52.2 Å². The van der Waals surface area contributed by atoms with Crippen molar-refractivity contribution in [2.24, 2.45) is 0 Å². The normalized spacial score (nSPS) is 15.5. The van der Waals surface area contributed by atoms with Crippen molar-refractivity contribution in [2.45, 2.75) is 6.54 Å². The highest BCUT2D eigenvalue weighted by molar-refractivity contribution is 8.18. The van der Waals surface area contributed by atoms with Crippen molar-refractivity contribution in [1.82, 2.24) is 4.90 Å². The van der Waals surface area contributed by atoms with Gasteiger partial charge in [-0.1, -0.05) is 29.3 Å². The summed E-state index contributed by atoms with van der Waals surface area (Å²) in [6.07, 6.45) is 1.52. The van der Waals surface area contributed by atoms with E-state index in [-0.39, 0.29) is 22.0 Å². The molecule has 0 N–H and O–H groups in total. The van der Waals surface area contributed by atoms with E-state index in [0.717, 1.165) is 16.7 Å². The van der Waals surface area contributed by atoms with Crippen LogP contribution in [0.2, 0.25) is 10.0 Å². The van der Waals surface area contributed by atoms with Gasteiger partial charge in [0.1, 0.15) is 5.82 Å². The Morgan fingerprint density at radius 2 is 1.89 bits per heavy atom. The summed E-state index contributed by atoms with van der Waals surface area (Å²) < 4.78 is 24.4. The fraction of sp³-hybridized carbons (Fsp3) is 0.158. The van der Waals surface area contributed by atoms with E-state index in [1.807, 2.05) is 0 Å². The molecule has 1 saturated heterocycles. The maximum atomic E-state index is 14.0. The van der Waals surface area contributed by atoms with Gasteiger partial charge in [0.05, 0.1) is 30.7 Å². The summed E-state index contributed by atoms with van der Waals surface area (Å²) in [5.74, 6) is -0.371. The van der Waals surface area contributed by atoms with Gasteiger partial charge in [-0.25, -0.2) is 4.39 Å². The molecule has 0 bridgehead atoms. The van der Waals surface area contributed by atoms with Gasteiger partial charge >= 0.3 is 0 Å². The molecular weight excluding hydrogens is 428 g/mol. The Hall–Kier alpha value is -2.22. The molecule has 0 aromatic heterocycles. The van der Waals surface area contributed by atoms with E-state index < -0.39 is 17.0 Å². The number of thioether (sulfide) groups is 1. The molecule has 1 fully saturated rings. The van der Waals surface area contributed by atoms with Crippen molar-refractivity contribution in [2.75, 3.05) is 14.2 Å². The van der Waals surface area contributed by atoms with E-state index in [0.29, 0.717) is 22.1 Å². The number of methoxy groups -OCH3 is 2. The lowest BCUT2D eigenvalue weighted by atomic mass is 10.1. The average molecular weight is 442 g/mol. The van der Waals surface area contributed by atoms with Crippen LogP contribution in [0.15, 0.2) is 35.2 Å². The Balaban J connectivity index is 1.90. The van der Waals surface area contributed by atoms with Gasteiger partial charge in [0.15, 0.2) is 11.5 Å². The minimum Gasteiger partial charge on any atom is -0.493 e. The first kappa shape index (κ1) is 20.5. The molecule has 2 amide bonds. The molecule has 28 heavy (non-hydrogen) atoms. The number of rotatable bonds is 5. The number of halogens is 3. The molecule has 1 aliphatic heterocycles. The minimum absolute atomic E-state index is 0.0851. The smallest absolute Gasteiger partial charge is 0.293 e. The van der Waals surface area contributed by atoms with Gasteiger partial charge in [-0.05, 0) is 47.7 Å². The summed E-state index contributed by atoms with van der Waals surface area (Å²) in [5, 5.41) is -0.0673. The molecule has 3 rings (SSSR count). The third-order valence-corrected chi connectivity index (χ3v) is 5.55. The monoisotopic (exact) mass is 441 g/mol. The van der Waals surface area contributed by atoms with Crippen LogP contribution >= 0.6 is 35.0 Å². The van der Waals surface area contributed by atoms with Crippen LogP contribution in [-0.4, -0.2) is 30.3 Å². The number of nitrogens with zero attached hydrogens (tertiary/aromatic N) is 1. The summed E-state index contributed by atoms with van der Waals surface area (Å²) in [7, 11) is 2.92. The first-order valence-corrected chi connectivity index (χ1v) is 9.52. The van der Waals surface area contributed by atoms with Crippen molar-refractivity contribution in [1.29, 1.82) is 0 Å².